The Bertz CT molecular complexity index is 488. The number of anilines is 2. The summed E-state index contributed by atoms with van der Waals surface area (Å²) in [6, 6.07) is 7.26. The molecule has 1 unspecified atom stereocenters. The van der Waals surface area contributed by atoms with Crippen LogP contribution in [0.4, 0.5) is 11.4 Å². The lowest BCUT2D eigenvalue weighted by Crippen LogP contribution is -2.46. The molecule has 1 saturated heterocycles. The molecule has 21 heavy (non-hydrogen) atoms. The number of amides is 1. The summed E-state index contributed by atoms with van der Waals surface area (Å²) in [5, 5.41) is 12.9. The number of nitrogens with one attached hydrogen (secondary N) is 1. The molecule has 2 rings (SSSR count). The average molecular weight is 291 g/mol. The smallest absolute Gasteiger partial charge is 0.224 e. The van der Waals surface area contributed by atoms with Gasteiger partial charge in [-0.3, -0.25) is 4.79 Å². The number of carbonyl (C=O) groups excluding carboxylic acids is 1. The van der Waals surface area contributed by atoms with Crippen LogP contribution in [0.3, 0.4) is 0 Å². The maximum atomic E-state index is 11.9. The van der Waals surface area contributed by atoms with Crippen LogP contribution in [-0.4, -0.2) is 41.1 Å². The molecule has 0 aromatic heterocycles. The largest absolute Gasteiger partial charge is 0.397 e. The minimum Gasteiger partial charge on any atom is -0.397 e. The van der Waals surface area contributed by atoms with Crippen molar-refractivity contribution in [2.24, 2.45) is 0 Å². The predicted octanol–water partition coefficient (Wildman–Crippen LogP) is 1.83. The molecule has 1 aliphatic rings. The molecule has 1 aromatic rings. The van der Waals surface area contributed by atoms with E-state index in [1.807, 2.05) is 19.1 Å². The summed E-state index contributed by atoms with van der Waals surface area (Å²) in [6.07, 6.45) is 3.12. The third kappa shape index (κ3) is 5.02. The van der Waals surface area contributed by atoms with Crippen LogP contribution in [0.15, 0.2) is 24.3 Å². The number of piperidine rings is 1. The van der Waals surface area contributed by atoms with Crippen LogP contribution in [-0.2, 0) is 4.79 Å². The first-order chi connectivity index (χ1) is 9.96. The number of hydrogen-bond acceptors (Lipinski definition) is 4. The lowest BCUT2D eigenvalue weighted by Gasteiger charge is -2.36. The summed E-state index contributed by atoms with van der Waals surface area (Å²) in [5.74, 6) is -0.0170. The first-order valence-electron chi connectivity index (χ1n) is 7.55. The number of nitrogens with zero attached hydrogens (tertiary/aromatic N) is 1. The summed E-state index contributed by atoms with van der Waals surface area (Å²) in [6.45, 7) is 4.42. The van der Waals surface area contributed by atoms with Gasteiger partial charge in [-0.05, 0) is 51.4 Å². The Kier molecular flexibility index (Phi) is 5.20. The van der Waals surface area contributed by atoms with Crippen molar-refractivity contribution in [2.45, 2.75) is 38.2 Å². The van der Waals surface area contributed by atoms with E-state index in [9.17, 15) is 9.90 Å². The molecule has 1 aliphatic heterocycles. The fraction of sp³-hybridized carbons (Fsp3) is 0.562. The highest BCUT2D eigenvalue weighted by Crippen LogP contribution is 2.20. The fourth-order valence-corrected chi connectivity index (χ4v) is 2.80. The molecule has 0 radical (unpaired) electrons. The van der Waals surface area contributed by atoms with Gasteiger partial charge < -0.3 is 21.1 Å². The summed E-state index contributed by atoms with van der Waals surface area (Å²) in [4.78, 5) is 14.1. The predicted molar refractivity (Wildman–Crippen MR) is 85.0 cm³/mol. The van der Waals surface area contributed by atoms with E-state index >= 15 is 0 Å². The third-order valence-electron chi connectivity index (χ3n) is 3.87. The zero-order valence-electron chi connectivity index (χ0n) is 12.6. The summed E-state index contributed by atoms with van der Waals surface area (Å²) in [5.41, 5.74) is 6.46. The molecule has 0 bridgehead atoms. The molecule has 116 valence electrons. The molecule has 5 nitrogen and oxygen atoms in total. The normalized spacial score (nSPS) is 23.0. The van der Waals surface area contributed by atoms with Gasteiger partial charge in [0.25, 0.3) is 0 Å². The molecule has 1 atom stereocenters. The third-order valence-corrected chi connectivity index (χ3v) is 3.87. The van der Waals surface area contributed by atoms with Gasteiger partial charge >= 0.3 is 0 Å². The van der Waals surface area contributed by atoms with Gasteiger partial charge in [0.1, 0.15) is 0 Å². The number of hydrogen-bond donors (Lipinski definition) is 3. The minimum absolute atomic E-state index is 0.0170. The van der Waals surface area contributed by atoms with E-state index in [0.717, 1.165) is 32.4 Å². The molecule has 1 aromatic carbocycles. The number of aliphatic hydroxyl groups is 1. The van der Waals surface area contributed by atoms with Crippen LogP contribution in [0, 0.1) is 0 Å². The highest BCUT2D eigenvalue weighted by molar-refractivity contribution is 5.93. The number of benzene rings is 1. The van der Waals surface area contributed by atoms with Gasteiger partial charge in [-0.15, -0.1) is 0 Å². The summed E-state index contributed by atoms with van der Waals surface area (Å²) in [7, 11) is 0. The molecule has 1 fully saturated rings. The fourth-order valence-electron chi connectivity index (χ4n) is 2.80. The molecule has 0 spiro atoms. The van der Waals surface area contributed by atoms with Gasteiger partial charge in [-0.1, -0.05) is 12.1 Å². The maximum absolute atomic E-state index is 11.9. The highest BCUT2D eigenvalue weighted by Gasteiger charge is 2.27. The van der Waals surface area contributed by atoms with Crippen molar-refractivity contribution in [3.8, 4) is 0 Å². The lowest BCUT2D eigenvalue weighted by molar-refractivity contribution is -0.116. The van der Waals surface area contributed by atoms with Crippen molar-refractivity contribution in [1.29, 1.82) is 0 Å². The van der Waals surface area contributed by atoms with E-state index in [0.29, 0.717) is 24.3 Å². The van der Waals surface area contributed by atoms with E-state index in [1.54, 1.807) is 12.1 Å². The van der Waals surface area contributed by atoms with Gasteiger partial charge in [0.05, 0.1) is 17.0 Å². The van der Waals surface area contributed by atoms with Crippen LogP contribution in [0.25, 0.3) is 0 Å². The Morgan fingerprint density at radius 2 is 2.24 bits per heavy atom. The lowest BCUT2D eigenvalue weighted by atomic mass is 9.95. The summed E-state index contributed by atoms with van der Waals surface area (Å²) >= 11 is 0. The number of nitrogen functional groups attached to an aromatic ring is 1. The van der Waals surface area contributed by atoms with Gasteiger partial charge in [-0.2, -0.15) is 0 Å². The molecule has 1 amide bonds. The first-order valence-corrected chi connectivity index (χ1v) is 7.55. The Balaban J connectivity index is 1.71. The second kappa shape index (κ2) is 6.91. The van der Waals surface area contributed by atoms with Crippen molar-refractivity contribution >= 4 is 17.3 Å². The van der Waals surface area contributed by atoms with Crippen LogP contribution in [0.5, 0.6) is 0 Å². The molecule has 4 N–H and O–H groups in total. The van der Waals surface area contributed by atoms with Crippen molar-refractivity contribution < 1.29 is 9.90 Å². The van der Waals surface area contributed by atoms with E-state index < -0.39 is 5.60 Å². The molecule has 1 heterocycles. The van der Waals surface area contributed by atoms with Crippen LogP contribution in [0.2, 0.25) is 0 Å². The van der Waals surface area contributed by atoms with Crippen LogP contribution < -0.4 is 11.1 Å². The van der Waals surface area contributed by atoms with E-state index in [1.165, 1.54) is 0 Å². The monoisotopic (exact) mass is 291 g/mol. The summed E-state index contributed by atoms with van der Waals surface area (Å²) < 4.78 is 0. The van der Waals surface area contributed by atoms with Crippen molar-refractivity contribution in [2.75, 3.05) is 30.7 Å². The molecule has 0 saturated carbocycles. The van der Waals surface area contributed by atoms with Crippen molar-refractivity contribution in [3.05, 3.63) is 24.3 Å². The topological polar surface area (TPSA) is 78.6 Å². The molecule has 0 aliphatic carbocycles. The number of β-amino-alcohol motifs (C(OH)–C–C–N with tert-alkyl or cyclic N) is 1. The second-order valence-corrected chi connectivity index (χ2v) is 6.12. The Hall–Kier alpha value is -1.59. The standard InChI is InChI=1S/C16H25N3O2/c1-16(21)9-5-11-19(12-16)10-4-8-15(20)18-14-7-3-2-6-13(14)17/h2-3,6-7,21H,4-5,8-12,17H2,1H3,(H,18,20). The number of rotatable bonds is 5. The van der Waals surface area contributed by atoms with Crippen LogP contribution in [0.1, 0.15) is 32.6 Å². The SMILES string of the molecule is CC1(O)CCCN(CCCC(=O)Nc2ccccc2N)C1. The van der Waals surface area contributed by atoms with Gasteiger partial charge in [-0.25, -0.2) is 0 Å². The number of likely N-dealkylation sites (tertiary alicyclic amines) is 1. The highest BCUT2D eigenvalue weighted by atomic mass is 16.3. The zero-order chi connectivity index (χ0) is 15.3. The number of nitrogens with two attached hydrogens (primary N) is 1. The molecular formula is C16H25N3O2. The number of carbonyl (C=O) groups is 1. The number of para-hydroxylation sites is 2. The van der Waals surface area contributed by atoms with Gasteiger partial charge in [0.2, 0.25) is 5.91 Å². The van der Waals surface area contributed by atoms with Gasteiger partial charge in [0.15, 0.2) is 0 Å². The Labute approximate surface area is 126 Å². The Morgan fingerprint density at radius 3 is 2.95 bits per heavy atom. The average Bonchev–Trinajstić information content (AvgIpc) is 2.40. The Morgan fingerprint density at radius 1 is 1.48 bits per heavy atom. The quantitative estimate of drug-likeness (QED) is 0.723. The second-order valence-electron chi connectivity index (χ2n) is 6.12. The zero-order valence-corrected chi connectivity index (χ0v) is 12.6. The maximum Gasteiger partial charge on any atom is 0.224 e. The molecule has 5 heteroatoms. The minimum atomic E-state index is -0.584. The van der Waals surface area contributed by atoms with Gasteiger partial charge in [0, 0.05) is 13.0 Å². The molecular weight excluding hydrogens is 266 g/mol. The first kappa shape index (κ1) is 15.8. The van der Waals surface area contributed by atoms with E-state index in [4.69, 9.17) is 5.73 Å². The van der Waals surface area contributed by atoms with Crippen molar-refractivity contribution in [1.82, 2.24) is 4.90 Å². The van der Waals surface area contributed by atoms with E-state index in [2.05, 4.69) is 10.2 Å². The van der Waals surface area contributed by atoms with E-state index in [-0.39, 0.29) is 5.91 Å². The van der Waals surface area contributed by atoms with Crippen LogP contribution >= 0.6 is 0 Å². The van der Waals surface area contributed by atoms with Crippen molar-refractivity contribution in [3.63, 3.8) is 0 Å².